The van der Waals surface area contributed by atoms with E-state index in [1.54, 1.807) is 31.2 Å². The fraction of sp³-hybridized carbons (Fsp3) is 0.273. The summed E-state index contributed by atoms with van der Waals surface area (Å²) in [5, 5.41) is 9.36. The van der Waals surface area contributed by atoms with E-state index in [9.17, 15) is 41.0 Å². The molecule has 1 fully saturated rings. The van der Waals surface area contributed by atoms with Crippen LogP contribution in [0.2, 0.25) is 0 Å². The third-order valence-electron chi connectivity index (χ3n) is 7.95. The molecule has 2 atom stereocenters. The van der Waals surface area contributed by atoms with Gasteiger partial charge in [0.2, 0.25) is 0 Å². The van der Waals surface area contributed by atoms with Crippen molar-refractivity contribution >= 4 is 12.1 Å². The summed E-state index contributed by atoms with van der Waals surface area (Å²) in [5.41, 5.74) is -0.289. The monoisotopic (exact) mass is 675 g/mol. The molecule has 4 aromatic rings. The number of nitrogens with zero attached hydrogens (tertiary/aromatic N) is 3. The van der Waals surface area contributed by atoms with Crippen molar-refractivity contribution in [3.05, 3.63) is 94.3 Å². The van der Waals surface area contributed by atoms with Crippen LogP contribution >= 0.6 is 0 Å². The molecule has 1 amide bonds. The van der Waals surface area contributed by atoms with Gasteiger partial charge in [-0.2, -0.15) is 31.3 Å². The van der Waals surface area contributed by atoms with Crippen LogP contribution in [0.25, 0.3) is 22.3 Å². The van der Waals surface area contributed by atoms with Crippen molar-refractivity contribution in [3.8, 4) is 34.0 Å². The van der Waals surface area contributed by atoms with Gasteiger partial charge in [-0.05, 0) is 78.6 Å². The molecule has 0 bridgehead atoms. The molecule has 1 aliphatic heterocycles. The topological polar surface area (TPSA) is 111 Å². The molecule has 5 rings (SSSR count). The van der Waals surface area contributed by atoms with Crippen LogP contribution < -0.4 is 9.47 Å². The van der Waals surface area contributed by atoms with Crippen LogP contribution in [0.4, 0.5) is 31.1 Å². The lowest BCUT2D eigenvalue weighted by molar-refractivity contribution is -0.143. The van der Waals surface area contributed by atoms with Gasteiger partial charge in [-0.1, -0.05) is 12.1 Å². The number of alkyl halides is 6. The summed E-state index contributed by atoms with van der Waals surface area (Å²) >= 11 is 0. The SMILES string of the molecule is COc1ncc(-c2cc(-c3ccc(C(=O)O)cc3C)ccc2OC)c(CN2C(=O)O[C@H](c3cc(C(F)(F)F)cc(C(F)(F)F)c3)[C@@H]2C)n1. The molecule has 0 spiro atoms. The van der Waals surface area contributed by atoms with E-state index in [-0.39, 0.29) is 29.9 Å². The number of carboxylic acids is 1. The number of amides is 1. The van der Waals surface area contributed by atoms with Crippen molar-refractivity contribution < 1.29 is 55.2 Å². The summed E-state index contributed by atoms with van der Waals surface area (Å²) in [5.74, 6) is -0.696. The molecule has 1 aliphatic rings. The molecule has 15 heteroatoms. The Hall–Kier alpha value is -5.34. The molecule has 48 heavy (non-hydrogen) atoms. The average molecular weight is 676 g/mol. The lowest BCUT2D eigenvalue weighted by Crippen LogP contribution is -2.32. The van der Waals surface area contributed by atoms with Gasteiger partial charge in [0, 0.05) is 17.3 Å². The normalized spacial score (nSPS) is 16.5. The van der Waals surface area contributed by atoms with Crippen molar-refractivity contribution in [2.45, 2.75) is 44.9 Å². The number of methoxy groups -OCH3 is 2. The number of rotatable bonds is 8. The summed E-state index contributed by atoms with van der Waals surface area (Å²) in [6, 6.07) is 9.84. The van der Waals surface area contributed by atoms with Crippen molar-refractivity contribution in [1.29, 1.82) is 0 Å². The number of aryl methyl sites for hydroxylation is 1. The molecule has 1 saturated heterocycles. The standard InChI is InChI=1S/C33H27F6N3O6/c1-16-9-19(29(43)44)5-7-23(16)18-6-8-27(46-3)24(12-18)25-14-40-30(47-4)41-26(25)15-42-17(2)28(48-31(42)45)20-10-21(32(34,35)36)13-22(11-20)33(37,38)39/h5-14,17,28H,15H2,1-4H3,(H,43,44)/t17-,28-/m0/s1. The zero-order chi connectivity index (χ0) is 35.1. The number of carbonyl (C=O) groups is 2. The van der Waals surface area contributed by atoms with E-state index in [2.05, 4.69) is 9.97 Å². The summed E-state index contributed by atoms with van der Waals surface area (Å²) in [4.78, 5) is 34.3. The number of carboxylic acid groups (broad SMARTS) is 1. The lowest BCUT2D eigenvalue weighted by Gasteiger charge is -2.23. The quantitative estimate of drug-likeness (QED) is 0.187. The van der Waals surface area contributed by atoms with Gasteiger partial charge in [-0.15, -0.1) is 0 Å². The first-order valence-electron chi connectivity index (χ1n) is 14.2. The van der Waals surface area contributed by atoms with E-state index < -0.39 is 53.3 Å². The minimum absolute atomic E-state index is 0.00562. The highest BCUT2D eigenvalue weighted by molar-refractivity contribution is 5.89. The van der Waals surface area contributed by atoms with E-state index in [0.29, 0.717) is 40.1 Å². The van der Waals surface area contributed by atoms with Gasteiger partial charge in [0.05, 0.1) is 49.2 Å². The number of benzene rings is 3. The summed E-state index contributed by atoms with van der Waals surface area (Å²) in [7, 11) is 2.75. The second-order valence-corrected chi connectivity index (χ2v) is 11.0. The number of hydrogen-bond acceptors (Lipinski definition) is 7. The number of carbonyl (C=O) groups excluding carboxylic acids is 1. The lowest BCUT2D eigenvalue weighted by atomic mass is 9.94. The maximum absolute atomic E-state index is 13.6. The third-order valence-corrected chi connectivity index (χ3v) is 7.95. The minimum atomic E-state index is -5.08. The largest absolute Gasteiger partial charge is 0.496 e. The molecular formula is C33H27F6N3O6. The Morgan fingerprint density at radius 1 is 0.917 bits per heavy atom. The highest BCUT2D eigenvalue weighted by Gasteiger charge is 2.43. The van der Waals surface area contributed by atoms with Gasteiger partial charge in [0.25, 0.3) is 0 Å². The summed E-state index contributed by atoms with van der Waals surface area (Å²) in [6.45, 7) is 2.90. The Labute approximate surface area is 269 Å². The van der Waals surface area contributed by atoms with Crippen LogP contribution in [0.5, 0.6) is 11.8 Å². The number of ether oxygens (including phenoxy) is 3. The van der Waals surface area contributed by atoms with Crippen LogP contribution in [0.15, 0.2) is 60.8 Å². The highest BCUT2D eigenvalue weighted by atomic mass is 19.4. The zero-order valence-electron chi connectivity index (χ0n) is 25.7. The van der Waals surface area contributed by atoms with Crippen LogP contribution in [0.1, 0.15) is 51.3 Å². The fourth-order valence-electron chi connectivity index (χ4n) is 5.51. The van der Waals surface area contributed by atoms with Gasteiger partial charge in [0.15, 0.2) is 0 Å². The van der Waals surface area contributed by atoms with Crippen LogP contribution in [0.3, 0.4) is 0 Å². The van der Waals surface area contributed by atoms with Crippen LogP contribution in [-0.4, -0.2) is 52.3 Å². The van der Waals surface area contributed by atoms with E-state index >= 15 is 0 Å². The second-order valence-electron chi connectivity index (χ2n) is 11.0. The predicted octanol–water partition coefficient (Wildman–Crippen LogP) is 7.95. The summed E-state index contributed by atoms with van der Waals surface area (Å²) < 4.78 is 97.5. The predicted molar refractivity (Wildman–Crippen MR) is 158 cm³/mol. The Morgan fingerprint density at radius 3 is 2.15 bits per heavy atom. The molecular weight excluding hydrogens is 648 g/mol. The average Bonchev–Trinajstić information content (AvgIpc) is 3.31. The molecule has 1 N–H and O–H groups in total. The first-order chi connectivity index (χ1) is 22.5. The van der Waals surface area contributed by atoms with Gasteiger partial charge < -0.3 is 19.3 Å². The van der Waals surface area contributed by atoms with Gasteiger partial charge in [-0.3, -0.25) is 4.90 Å². The molecule has 0 aliphatic carbocycles. The Balaban J connectivity index is 1.55. The molecule has 0 unspecified atom stereocenters. The van der Waals surface area contributed by atoms with E-state index in [0.717, 1.165) is 10.5 Å². The smallest absolute Gasteiger partial charge is 0.416 e. The van der Waals surface area contributed by atoms with E-state index in [1.807, 2.05) is 0 Å². The number of aromatic carboxylic acids is 1. The molecule has 0 saturated carbocycles. The van der Waals surface area contributed by atoms with Crippen molar-refractivity contribution in [3.63, 3.8) is 0 Å². The van der Waals surface area contributed by atoms with E-state index in [1.165, 1.54) is 39.5 Å². The summed E-state index contributed by atoms with van der Waals surface area (Å²) in [6.07, 6.45) is -11.2. The van der Waals surface area contributed by atoms with Crippen LogP contribution in [0, 0.1) is 6.92 Å². The number of aromatic nitrogens is 2. The van der Waals surface area contributed by atoms with Gasteiger partial charge in [-0.25, -0.2) is 14.6 Å². The maximum Gasteiger partial charge on any atom is 0.416 e. The molecule has 0 radical (unpaired) electrons. The number of halogens is 6. The molecule has 9 nitrogen and oxygen atoms in total. The van der Waals surface area contributed by atoms with Crippen LogP contribution in [-0.2, 0) is 23.6 Å². The van der Waals surface area contributed by atoms with Gasteiger partial charge >= 0.3 is 30.4 Å². The minimum Gasteiger partial charge on any atom is -0.496 e. The van der Waals surface area contributed by atoms with Crippen molar-refractivity contribution in [2.24, 2.45) is 0 Å². The van der Waals surface area contributed by atoms with Crippen molar-refractivity contribution in [2.75, 3.05) is 14.2 Å². The van der Waals surface area contributed by atoms with E-state index in [4.69, 9.17) is 14.2 Å². The third kappa shape index (κ3) is 6.71. The highest BCUT2D eigenvalue weighted by Crippen LogP contribution is 2.42. The van der Waals surface area contributed by atoms with Gasteiger partial charge in [0.1, 0.15) is 11.9 Å². The second kappa shape index (κ2) is 12.7. The number of cyclic esters (lactones) is 1. The zero-order valence-corrected chi connectivity index (χ0v) is 25.7. The molecule has 252 valence electrons. The Kier molecular flexibility index (Phi) is 8.99. The first kappa shape index (κ1) is 34.0. The Bertz CT molecular complexity index is 1860. The molecule has 3 aromatic carbocycles. The molecule has 2 heterocycles. The number of hydrogen-bond donors (Lipinski definition) is 1. The fourth-order valence-corrected chi connectivity index (χ4v) is 5.51. The first-order valence-corrected chi connectivity index (χ1v) is 14.2. The Morgan fingerprint density at radius 2 is 1.58 bits per heavy atom. The van der Waals surface area contributed by atoms with Crippen molar-refractivity contribution in [1.82, 2.24) is 14.9 Å². The molecule has 1 aromatic heterocycles. The maximum atomic E-state index is 13.6.